The van der Waals surface area contributed by atoms with Gasteiger partial charge in [0.05, 0.1) is 11.7 Å². The third-order valence-electron chi connectivity index (χ3n) is 6.57. The van der Waals surface area contributed by atoms with E-state index in [9.17, 15) is 9.59 Å². The largest absolute Gasteiger partial charge is 0.349 e. The number of rotatable bonds is 8. The Balaban J connectivity index is 1.41. The molecule has 0 aliphatic rings. The maximum absolute atomic E-state index is 13.8. The van der Waals surface area contributed by atoms with Crippen LogP contribution in [-0.4, -0.2) is 45.7 Å². The van der Waals surface area contributed by atoms with Gasteiger partial charge in [0.1, 0.15) is 5.69 Å². The van der Waals surface area contributed by atoms with Crippen molar-refractivity contribution in [1.82, 2.24) is 19.6 Å². The Morgan fingerprint density at radius 3 is 2.41 bits per heavy atom. The highest BCUT2D eigenvalue weighted by atomic mass is 32.1. The quantitative estimate of drug-likeness (QED) is 0.302. The lowest BCUT2D eigenvalue weighted by atomic mass is 9.97. The third kappa shape index (κ3) is 5.17. The predicted molar refractivity (Wildman–Crippen MR) is 148 cm³/mol. The summed E-state index contributed by atoms with van der Waals surface area (Å²) in [4.78, 5) is 34.1. The summed E-state index contributed by atoms with van der Waals surface area (Å²) in [5.74, 6) is -0.289. The molecule has 7 heteroatoms. The van der Waals surface area contributed by atoms with Crippen molar-refractivity contribution in [2.75, 3.05) is 13.6 Å². The molecule has 0 saturated carbocycles. The van der Waals surface area contributed by atoms with Gasteiger partial charge in [0.25, 0.3) is 11.8 Å². The van der Waals surface area contributed by atoms with Crippen molar-refractivity contribution in [3.8, 4) is 11.1 Å². The molecule has 3 aromatic carbocycles. The maximum Gasteiger partial charge on any atom is 0.270 e. The summed E-state index contributed by atoms with van der Waals surface area (Å²) in [6.45, 7) is 2.15. The number of aryl methyl sites for hydroxylation is 1. The topological polar surface area (TPSA) is 66.7 Å². The van der Waals surface area contributed by atoms with Gasteiger partial charge in [-0.3, -0.25) is 14.0 Å². The van der Waals surface area contributed by atoms with Gasteiger partial charge < -0.3 is 10.2 Å². The molecule has 37 heavy (non-hydrogen) atoms. The molecule has 0 fully saturated rings. The molecule has 0 aliphatic heterocycles. The van der Waals surface area contributed by atoms with Crippen LogP contribution >= 0.6 is 11.3 Å². The Morgan fingerprint density at radius 2 is 1.65 bits per heavy atom. The van der Waals surface area contributed by atoms with E-state index in [1.807, 2.05) is 115 Å². The first-order valence-electron chi connectivity index (χ1n) is 12.2. The van der Waals surface area contributed by atoms with Crippen LogP contribution in [0.25, 0.3) is 16.1 Å². The van der Waals surface area contributed by atoms with Gasteiger partial charge in [-0.05, 0) is 36.1 Å². The fourth-order valence-electron chi connectivity index (χ4n) is 4.59. The van der Waals surface area contributed by atoms with Crippen molar-refractivity contribution in [3.05, 3.63) is 119 Å². The molecular weight excluding hydrogens is 480 g/mol. The molecule has 1 N–H and O–H groups in total. The molecule has 0 unspecified atom stereocenters. The van der Waals surface area contributed by atoms with Crippen LogP contribution in [0.4, 0.5) is 0 Å². The fourth-order valence-corrected chi connectivity index (χ4v) is 5.35. The first-order chi connectivity index (χ1) is 18.0. The van der Waals surface area contributed by atoms with Gasteiger partial charge in [0, 0.05) is 30.7 Å². The van der Waals surface area contributed by atoms with Crippen LogP contribution in [0.3, 0.4) is 0 Å². The number of carbonyl (C=O) groups excluding carboxylic acids is 2. The molecular formula is C30H28N4O2S. The van der Waals surface area contributed by atoms with Crippen LogP contribution in [0.5, 0.6) is 0 Å². The van der Waals surface area contributed by atoms with E-state index >= 15 is 0 Å². The Bertz CT molecular complexity index is 1530. The first-order valence-corrected chi connectivity index (χ1v) is 13.1. The second-order valence-electron chi connectivity index (χ2n) is 8.98. The zero-order chi connectivity index (χ0) is 25.8. The van der Waals surface area contributed by atoms with E-state index in [-0.39, 0.29) is 17.9 Å². The maximum atomic E-state index is 13.8. The Hall–Kier alpha value is -4.23. The van der Waals surface area contributed by atoms with Gasteiger partial charge in [-0.25, -0.2) is 4.98 Å². The van der Waals surface area contributed by atoms with Crippen molar-refractivity contribution in [2.24, 2.45) is 0 Å². The normalized spacial score (nSPS) is 11.8. The Kier molecular flexibility index (Phi) is 7.14. The number of aromatic nitrogens is 2. The summed E-state index contributed by atoms with van der Waals surface area (Å²) in [6, 6.07) is 27.4. The number of hydrogen-bond donors (Lipinski definition) is 1. The van der Waals surface area contributed by atoms with Crippen LogP contribution in [-0.2, 0) is 6.42 Å². The van der Waals surface area contributed by atoms with Gasteiger partial charge >= 0.3 is 0 Å². The zero-order valence-electron chi connectivity index (χ0n) is 20.8. The Morgan fingerprint density at radius 1 is 0.973 bits per heavy atom. The van der Waals surface area contributed by atoms with E-state index in [4.69, 9.17) is 0 Å². The van der Waals surface area contributed by atoms with Crippen LogP contribution in [0.15, 0.2) is 96.5 Å². The van der Waals surface area contributed by atoms with Crippen molar-refractivity contribution >= 4 is 28.1 Å². The van der Waals surface area contributed by atoms with Gasteiger partial charge in [0.15, 0.2) is 4.96 Å². The summed E-state index contributed by atoms with van der Waals surface area (Å²) in [5.41, 5.74) is 4.81. The molecule has 6 nitrogen and oxygen atoms in total. The minimum Gasteiger partial charge on any atom is -0.349 e. The number of amides is 2. The first kappa shape index (κ1) is 24.5. The highest BCUT2D eigenvalue weighted by Gasteiger charge is 2.25. The van der Waals surface area contributed by atoms with Crippen LogP contribution in [0.2, 0.25) is 0 Å². The molecule has 0 radical (unpaired) electrons. The third-order valence-corrected chi connectivity index (χ3v) is 7.33. The minimum absolute atomic E-state index is 0.0876. The van der Waals surface area contributed by atoms with E-state index < -0.39 is 0 Å². The van der Waals surface area contributed by atoms with Crippen molar-refractivity contribution < 1.29 is 9.59 Å². The standard InChI is InChI=1S/C30H28N4O2S/c1-21-27(34-17-18-37-30(34)32-21)28(35)31-20-24(19-22-11-5-3-6-12-22)33(2)29(36)26-16-10-9-15-25(26)23-13-7-4-8-14-23/h3-18,24H,19-20H2,1-2H3,(H,31,35)/t24-/m0/s1. The summed E-state index contributed by atoms with van der Waals surface area (Å²) < 4.78 is 1.81. The number of likely N-dealkylation sites (N-methyl/N-ethyl adjacent to an activating group) is 1. The SMILES string of the molecule is Cc1nc2sccn2c1C(=O)NC[C@H](Cc1ccccc1)N(C)C(=O)c1ccccc1-c1ccccc1. The predicted octanol–water partition coefficient (Wildman–Crippen LogP) is 5.48. The molecule has 2 aromatic heterocycles. The lowest BCUT2D eigenvalue weighted by Gasteiger charge is -2.29. The number of imidazole rings is 1. The molecule has 186 valence electrons. The Labute approximate surface area is 220 Å². The number of nitrogens with one attached hydrogen (secondary N) is 1. The summed E-state index contributed by atoms with van der Waals surface area (Å²) in [6.07, 6.45) is 2.46. The fraction of sp³-hybridized carbons (Fsp3) is 0.167. The van der Waals surface area contributed by atoms with E-state index in [1.54, 1.807) is 4.90 Å². The number of fused-ring (bicyclic) bond motifs is 1. The average molecular weight is 509 g/mol. The smallest absolute Gasteiger partial charge is 0.270 e. The highest BCUT2D eigenvalue weighted by Crippen LogP contribution is 2.25. The van der Waals surface area contributed by atoms with Crippen molar-refractivity contribution in [1.29, 1.82) is 0 Å². The summed E-state index contributed by atoms with van der Waals surface area (Å²) >= 11 is 1.49. The molecule has 1 atom stereocenters. The van der Waals surface area contributed by atoms with Gasteiger partial charge in [-0.15, -0.1) is 11.3 Å². The van der Waals surface area contributed by atoms with Crippen molar-refractivity contribution in [3.63, 3.8) is 0 Å². The number of carbonyl (C=O) groups is 2. The number of hydrogen-bond acceptors (Lipinski definition) is 4. The van der Waals surface area contributed by atoms with E-state index in [0.29, 0.717) is 29.9 Å². The van der Waals surface area contributed by atoms with Crippen LogP contribution in [0, 0.1) is 6.92 Å². The van der Waals surface area contributed by atoms with E-state index in [2.05, 4.69) is 10.3 Å². The lowest BCUT2D eigenvalue weighted by molar-refractivity contribution is 0.0718. The molecule has 2 heterocycles. The van der Waals surface area contributed by atoms with E-state index in [1.165, 1.54) is 11.3 Å². The molecule has 2 amide bonds. The summed E-state index contributed by atoms with van der Waals surface area (Å²) in [5, 5.41) is 4.98. The van der Waals surface area contributed by atoms with Gasteiger partial charge in [-0.2, -0.15) is 0 Å². The molecule has 0 aliphatic carbocycles. The molecule has 5 aromatic rings. The van der Waals surface area contributed by atoms with Crippen LogP contribution < -0.4 is 5.32 Å². The second kappa shape index (κ2) is 10.8. The van der Waals surface area contributed by atoms with Crippen molar-refractivity contribution in [2.45, 2.75) is 19.4 Å². The minimum atomic E-state index is -0.256. The second-order valence-corrected chi connectivity index (χ2v) is 9.86. The number of benzene rings is 3. The zero-order valence-corrected chi connectivity index (χ0v) is 21.6. The van der Waals surface area contributed by atoms with E-state index in [0.717, 1.165) is 21.7 Å². The monoisotopic (exact) mass is 508 g/mol. The molecule has 0 saturated heterocycles. The molecule has 0 spiro atoms. The summed E-state index contributed by atoms with van der Waals surface area (Å²) in [7, 11) is 1.81. The average Bonchev–Trinajstić information content (AvgIpc) is 3.51. The number of thiazole rings is 1. The highest BCUT2D eigenvalue weighted by molar-refractivity contribution is 7.15. The molecule has 5 rings (SSSR count). The van der Waals surface area contributed by atoms with Crippen LogP contribution in [0.1, 0.15) is 32.1 Å². The molecule has 0 bridgehead atoms. The number of nitrogens with zero attached hydrogens (tertiary/aromatic N) is 3. The van der Waals surface area contributed by atoms with Gasteiger partial charge in [-0.1, -0.05) is 78.9 Å². The van der Waals surface area contributed by atoms with Gasteiger partial charge in [0.2, 0.25) is 0 Å². The lowest BCUT2D eigenvalue weighted by Crippen LogP contribution is -2.46.